The zero-order valence-corrected chi connectivity index (χ0v) is 19.6. The molecule has 7 nitrogen and oxygen atoms in total. The van der Waals surface area contributed by atoms with E-state index in [1.165, 1.54) is 0 Å². The van der Waals surface area contributed by atoms with Crippen LogP contribution in [0.4, 0.5) is 5.69 Å². The molecule has 0 spiro atoms. The van der Waals surface area contributed by atoms with Gasteiger partial charge >= 0.3 is 0 Å². The van der Waals surface area contributed by atoms with Crippen LogP contribution in [0.5, 0.6) is 11.5 Å². The first kappa shape index (κ1) is 22.7. The predicted molar refractivity (Wildman–Crippen MR) is 130 cm³/mol. The number of hydrogen-bond acceptors (Lipinski definition) is 5. The van der Waals surface area contributed by atoms with Gasteiger partial charge in [0.05, 0.1) is 31.0 Å². The number of carbonyl (C=O) groups excluding carboxylic acids is 2. The lowest BCUT2D eigenvalue weighted by Crippen LogP contribution is -2.35. The molecule has 180 valence electrons. The maximum Gasteiger partial charge on any atom is 0.253 e. The molecule has 0 aromatic heterocycles. The van der Waals surface area contributed by atoms with E-state index in [9.17, 15) is 9.59 Å². The van der Waals surface area contributed by atoms with Crippen LogP contribution in [0, 0.1) is 0 Å². The number of nitrogens with zero attached hydrogens (tertiary/aromatic N) is 1. The van der Waals surface area contributed by atoms with E-state index in [4.69, 9.17) is 9.47 Å². The molecule has 1 aliphatic carbocycles. The average Bonchev–Trinajstić information content (AvgIpc) is 3.46. The third kappa shape index (κ3) is 5.20. The van der Waals surface area contributed by atoms with Gasteiger partial charge in [-0.15, -0.1) is 0 Å². The minimum Gasteiger partial charge on any atom is -0.490 e. The van der Waals surface area contributed by atoms with E-state index >= 15 is 0 Å². The monoisotopic (exact) mass is 463 g/mol. The largest absolute Gasteiger partial charge is 0.490 e. The highest BCUT2D eigenvalue weighted by atomic mass is 16.5. The molecular formula is C27H33N3O4. The van der Waals surface area contributed by atoms with E-state index in [0.717, 1.165) is 68.6 Å². The third-order valence-corrected chi connectivity index (χ3v) is 7.00. The molecule has 2 aliphatic heterocycles. The highest BCUT2D eigenvalue weighted by molar-refractivity contribution is 6.04. The Morgan fingerprint density at radius 3 is 2.56 bits per heavy atom. The molecule has 2 amide bonds. The van der Waals surface area contributed by atoms with Gasteiger partial charge in [0, 0.05) is 18.5 Å². The summed E-state index contributed by atoms with van der Waals surface area (Å²) in [5.41, 5.74) is 2.23. The Hall–Kier alpha value is -3.06. The summed E-state index contributed by atoms with van der Waals surface area (Å²) < 4.78 is 11.6. The SMILES string of the molecule is O=C(CN1CCC[C@H]1c1ccc2c(c1)OCCCO2)Nc1ccccc1C(=O)NC1CCCC1. The quantitative estimate of drug-likeness (QED) is 0.668. The number of amides is 2. The van der Waals surface area contributed by atoms with E-state index in [0.29, 0.717) is 24.5 Å². The number of hydrogen-bond donors (Lipinski definition) is 2. The summed E-state index contributed by atoms with van der Waals surface area (Å²) in [6.45, 7) is 2.46. The number of likely N-dealkylation sites (tertiary alicyclic amines) is 1. The van der Waals surface area contributed by atoms with Crippen LogP contribution in [0.25, 0.3) is 0 Å². The van der Waals surface area contributed by atoms with Gasteiger partial charge in [0.15, 0.2) is 11.5 Å². The number of anilines is 1. The molecule has 5 rings (SSSR count). The van der Waals surface area contributed by atoms with Crippen LogP contribution < -0.4 is 20.1 Å². The standard InChI is InChI=1S/C27H33N3O4/c31-26(29-22-10-4-3-9-21(22)27(32)28-20-7-1-2-8-20)18-30-14-5-11-23(30)19-12-13-24-25(17-19)34-16-6-15-33-24/h3-4,9-10,12-13,17,20,23H,1-2,5-8,11,14-16,18H2,(H,28,32)(H,29,31)/t23-/m0/s1. The number of rotatable bonds is 6. The van der Waals surface area contributed by atoms with Crippen LogP contribution >= 0.6 is 0 Å². The number of benzene rings is 2. The lowest BCUT2D eigenvalue weighted by molar-refractivity contribution is -0.117. The summed E-state index contributed by atoms with van der Waals surface area (Å²) in [6, 6.07) is 13.8. The fourth-order valence-corrected chi connectivity index (χ4v) is 5.28. The molecular weight excluding hydrogens is 430 g/mol. The van der Waals surface area contributed by atoms with Crippen LogP contribution in [0.2, 0.25) is 0 Å². The molecule has 1 saturated heterocycles. The summed E-state index contributed by atoms with van der Waals surface area (Å²) in [7, 11) is 0. The van der Waals surface area contributed by atoms with Crippen LogP contribution in [0.1, 0.15) is 66.9 Å². The maximum atomic E-state index is 13.0. The Morgan fingerprint density at radius 2 is 1.71 bits per heavy atom. The molecule has 2 fully saturated rings. The highest BCUT2D eigenvalue weighted by Crippen LogP contribution is 2.37. The summed E-state index contributed by atoms with van der Waals surface area (Å²) >= 11 is 0. The second-order valence-corrected chi connectivity index (χ2v) is 9.43. The van der Waals surface area contributed by atoms with Gasteiger partial charge in [-0.2, -0.15) is 0 Å². The molecule has 0 unspecified atom stereocenters. The molecule has 2 aromatic carbocycles. The van der Waals surface area contributed by atoms with Crippen molar-refractivity contribution in [2.75, 3.05) is 31.6 Å². The number of fused-ring (bicyclic) bond motifs is 1. The van der Waals surface area contributed by atoms with Gasteiger partial charge in [0.25, 0.3) is 5.91 Å². The zero-order valence-electron chi connectivity index (χ0n) is 19.6. The number of para-hydroxylation sites is 1. The van der Waals surface area contributed by atoms with Crippen molar-refractivity contribution >= 4 is 17.5 Å². The van der Waals surface area contributed by atoms with Gasteiger partial charge in [-0.25, -0.2) is 0 Å². The maximum absolute atomic E-state index is 13.0. The Balaban J connectivity index is 1.24. The Labute approximate surface area is 200 Å². The zero-order chi connectivity index (χ0) is 23.3. The number of carbonyl (C=O) groups is 2. The van der Waals surface area contributed by atoms with Crippen molar-refractivity contribution in [2.24, 2.45) is 0 Å². The van der Waals surface area contributed by atoms with E-state index in [-0.39, 0.29) is 30.4 Å². The summed E-state index contributed by atoms with van der Waals surface area (Å²) in [5.74, 6) is 1.35. The fraction of sp³-hybridized carbons (Fsp3) is 0.481. The van der Waals surface area contributed by atoms with Crippen molar-refractivity contribution in [3.63, 3.8) is 0 Å². The van der Waals surface area contributed by atoms with Crippen molar-refractivity contribution in [1.82, 2.24) is 10.2 Å². The lowest BCUT2D eigenvalue weighted by Gasteiger charge is -2.25. The average molecular weight is 464 g/mol. The normalized spacial score (nSPS) is 20.6. The van der Waals surface area contributed by atoms with Crippen molar-refractivity contribution in [3.8, 4) is 11.5 Å². The first-order valence-corrected chi connectivity index (χ1v) is 12.5. The highest BCUT2D eigenvalue weighted by Gasteiger charge is 2.29. The molecule has 3 aliphatic rings. The van der Waals surface area contributed by atoms with Crippen molar-refractivity contribution in [1.29, 1.82) is 0 Å². The molecule has 2 aromatic rings. The topological polar surface area (TPSA) is 79.9 Å². The van der Waals surface area contributed by atoms with E-state index in [1.54, 1.807) is 12.1 Å². The first-order valence-electron chi connectivity index (χ1n) is 12.5. The smallest absolute Gasteiger partial charge is 0.253 e. The minimum absolute atomic E-state index is 0.109. The van der Waals surface area contributed by atoms with Gasteiger partial charge < -0.3 is 20.1 Å². The third-order valence-electron chi connectivity index (χ3n) is 7.00. The molecule has 0 bridgehead atoms. The second kappa shape index (κ2) is 10.5. The lowest BCUT2D eigenvalue weighted by atomic mass is 10.0. The van der Waals surface area contributed by atoms with Crippen LogP contribution in [0.3, 0.4) is 0 Å². The van der Waals surface area contributed by atoms with Crippen molar-refractivity contribution in [2.45, 2.75) is 57.0 Å². The second-order valence-electron chi connectivity index (χ2n) is 9.43. The van der Waals surface area contributed by atoms with Crippen LogP contribution in [0.15, 0.2) is 42.5 Å². The molecule has 1 saturated carbocycles. The van der Waals surface area contributed by atoms with E-state index in [2.05, 4.69) is 27.7 Å². The van der Waals surface area contributed by atoms with Gasteiger partial charge in [-0.1, -0.05) is 31.0 Å². The van der Waals surface area contributed by atoms with Gasteiger partial charge in [0.2, 0.25) is 5.91 Å². The number of nitrogens with one attached hydrogen (secondary N) is 2. The predicted octanol–water partition coefficient (Wildman–Crippen LogP) is 4.30. The van der Waals surface area contributed by atoms with Gasteiger partial charge in [0.1, 0.15) is 0 Å². The molecule has 2 heterocycles. The molecule has 34 heavy (non-hydrogen) atoms. The first-order chi connectivity index (χ1) is 16.7. The Bertz CT molecular complexity index is 1030. The van der Waals surface area contributed by atoms with Crippen LogP contribution in [-0.4, -0.2) is 49.1 Å². The fourth-order valence-electron chi connectivity index (χ4n) is 5.28. The Kier molecular flexibility index (Phi) is 7.00. The number of ether oxygens (including phenoxy) is 2. The molecule has 0 radical (unpaired) electrons. The van der Waals surface area contributed by atoms with E-state index in [1.807, 2.05) is 18.2 Å². The summed E-state index contributed by atoms with van der Waals surface area (Å²) in [4.78, 5) is 28.0. The molecule has 7 heteroatoms. The molecule has 2 N–H and O–H groups in total. The van der Waals surface area contributed by atoms with Crippen LogP contribution in [-0.2, 0) is 4.79 Å². The molecule has 1 atom stereocenters. The summed E-state index contributed by atoms with van der Waals surface area (Å²) in [6.07, 6.45) is 7.26. The van der Waals surface area contributed by atoms with E-state index < -0.39 is 0 Å². The van der Waals surface area contributed by atoms with Crippen molar-refractivity contribution in [3.05, 3.63) is 53.6 Å². The summed E-state index contributed by atoms with van der Waals surface area (Å²) in [5, 5.41) is 6.10. The van der Waals surface area contributed by atoms with Crippen molar-refractivity contribution < 1.29 is 19.1 Å². The van der Waals surface area contributed by atoms with Gasteiger partial charge in [-0.3, -0.25) is 14.5 Å². The minimum atomic E-state index is -0.117. The van der Waals surface area contributed by atoms with Gasteiger partial charge in [-0.05, 0) is 62.1 Å². The Morgan fingerprint density at radius 1 is 0.912 bits per heavy atom.